The van der Waals surface area contributed by atoms with Crippen molar-refractivity contribution in [3.63, 3.8) is 0 Å². The number of hydrogen-bond acceptors (Lipinski definition) is 5. The number of esters is 2. The van der Waals surface area contributed by atoms with Crippen molar-refractivity contribution in [2.45, 2.75) is 77.2 Å². The first-order valence-corrected chi connectivity index (χ1v) is 8.52. The normalized spacial score (nSPS) is 11.2. The van der Waals surface area contributed by atoms with E-state index in [0.717, 1.165) is 19.3 Å². The molecule has 0 radical (unpaired) electrons. The number of guanidine groups is 1. The van der Waals surface area contributed by atoms with Crippen molar-refractivity contribution in [3.8, 4) is 0 Å². The van der Waals surface area contributed by atoms with Crippen LogP contribution in [0.1, 0.15) is 72.6 Å². The van der Waals surface area contributed by atoms with Crippen LogP contribution in [-0.2, 0) is 14.3 Å². The average molecular weight is 352 g/mol. The molecule has 8 heteroatoms. The van der Waals surface area contributed by atoms with E-state index in [1.54, 1.807) is 0 Å². The summed E-state index contributed by atoms with van der Waals surface area (Å²) in [6.45, 7) is 2.58. The van der Waals surface area contributed by atoms with Crippen LogP contribution in [-0.4, -0.2) is 30.5 Å². The van der Waals surface area contributed by atoms with Crippen LogP contribution in [0.2, 0.25) is 0 Å². The molecule has 24 heavy (non-hydrogen) atoms. The molecular weight excluding hydrogens is 319 g/mol. The molecule has 0 aliphatic heterocycles. The minimum absolute atomic E-state index is 0. The molecular formula is C16H33N4NaO3. The zero-order valence-electron chi connectivity index (χ0n) is 16.3. The molecule has 0 aliphatic carbocycles. The molecule has 6 N–H and O–H groups in total. The Bertz CT molecular complexity index is 380. The van der Waals surface area contributed by atoms with E-state index in [1.165, 1.54) is 25.7 Å². The molecule has 0 aromatic rings. The number of nitrogens with zero attached hydrogens (tertiary/aromatic N) is 1. The van der Waals surface area contributed by atoms with E-state index in [-0.39, 0.29) is 43.4 Å². The summed E-state index contributed by atoms with van der Waals surface area (Å²) in [5.41, 5.74) is 16.0. The van der Waals surface area contributed by atoms with Crippen LogP contribution < -0.4 is 46.8 Å². The summed E-state index contributed by atoms with van der Waals surface area (Å²) in [6.07, 6.45) is 8.97. The molecule has 7 nitrogen and oxygen atoms in total. The van der Waals surface area contributed by atoms with Gasteiger partial charge in [-0.25, -0.2) is 4.79 Å². The zero-order chi connectivity index (χ0) is 17.5. The molecule has 0 fully saturated rings. The Morgan fingerprint density at radius 2 is 1.62 bits per heavy atom. The second-order valence-corrected chi connectivity index (χ2v) is 5.72. The molecule has 0 rings (SSSR count). The summed E-state index contributed by atoms with van der Waals surface area (Å²) in [4.78, 5) is 27.0. The van der Waals surface area contributed by atoms with Crippen LogP contribution in [0.15, 0.2) is 4.99 Å². The van der Waals surface area contributed by atoms with Gasteiger partial charge in [-0.3, -0.25) is 9.79 Å². The fraction of sp³-hybridized carbons (Fsp3) is 0.812. The van der Waals surface area contributed by atoms with E-state index in [2.05, 4.69) is 11.9 Å². The van der Waals surface area contributed by atoms with Gasteiger partial charge in [0.2, 0.25) is 0 Å². The Morgan fingerprint density at radius 3 is 2.21 bits per heavy atom. The van der Waals surface area contributed by atoms with Crippen LogP contribution >= 0.6 is 0 Å². The number of aliphatic imine (C=N–C) groups is 1. The van der Waals surface area contributed by atoms with E-state index in [4.69, 9.17) is 21.9 Å². The van der Waals surface area contributed by atoms with E-state index >= 15 is 0 Å². The topological polar surface area (TPSA) is 134 Å². The molecule has 0 saturated carbocycles. The maximum atomic E-state index is 11.6. The van der Waals surface area contributed by atoms with Crippen molar-refractivity contribution in [2.75, 3.05) is 6.54 Å². The SMILES string of the molecule is CCCCCCCCCC(=O)OC(=O)[C@@H](N)CCCN=C(N)N.[H-].[Na+]. The monoisotopic (exact) mass is 352 g/mol. The number of rotatable bonds is 13. The maximum absolute atomic E-state index is 11.6. The smallest absolute Gasteiger partial charge is 1.00 e. The van der Waals surface area contributed by atoms with Crippen LogP contribution in [0.3, 0.4) is 0 Å². The van der Waals surface area contributed by atoms with Gasteiger partial charge in [-0.2, -0.15) is 0 Å². The van der Waals surface area contributed by atoms with Crippen molar-refractivity contribution in [3.05, 3.63) is 0 Å². The predicted octanol–water partition coefficient (Wildman–Crippen LogP) is -1.31. The van der Waals surface area contributed by atoms with Gasteiger partial charge < -0.3 is 23.4 Å². The number of nitrogens with two attached hydrogens (primary N) is 3. The number of carbonyl (C=O) groups excluding carboxylic acids is 2. The van der Waals surface area contributed by atoms with Crippen molar-refractivity contribution in [1.29, 1.82) is 0 Å². The first-order valence-electron chi connectivity index (χ1n) is 8.52. The van der Waals surface area contributed by atoms with E-state index in [1.807, 2.05) is 0 Å². The first kappa shape index (κ1) is 25.6. The third-order valence-corrected chi connectivity index (χ3v) is 3.47. The number of hydrogen-bond donors (Lipinski definition) is 3. The van der Waals surface area contributed by atoms with Gasteiger partial charge in [0.15, 0.2) is 5.96 Å². The molecule has 136 valence electrons. The van der Waals surface area contributed by atoms with Gasteiger partial charge in [0.1, 0.15) is 6.04 Å². The summed E-state index contributed by atoms with van der Waals surface area (Å²) in [5, 5.41) is 0. The summed E-state index contributed by atoms with van der Waals surface area (Å²) in [7, 11) is 0. The molecule has 0 heterocycles. The number of ether oxygens (including phenoxy) is 1. The molecule has 0 saturated heterocycles. The average Bonchev–Trinajstić information content (AvgIpc) is 2.50. The fourth-order valence-corrected chi connectivity index (χ4v) is 2.10. The maximum Gasteiger partial charge on any atom is 1.00 e. The summed E-state index contributed by atoms with van der Waals surface area (Å²) in [5.74, 6) is -1.17. The van der Waals surface area contributed by atoms with Crippen LogP contribution in [0.25, 0.3) is 0 Å². The van der Waals surface area contributed by atoms with Crippen LogP contribution in [0, 0.1) is 0 Å². The molecule has 0 aromatic carbocycles. The second kappa shape index (κ2) is 17.2. The van der Waals surface area contributed by atoms with Crippen molar-refractivity contribution in [1.82, 2.24) is 0 Å². The third-order valence-electron chi connectivity index (χ3n) is 3.47. The molecule has 0 aromatic heterocycles. The summed E-state index contributed by atoms with van der Waals surface area (Å²) >= 11 is 0. The Morgan fingerprint density at radius 1 is 1.04 bits per heavy atom. The molecule has 0 aliphatic rings. The van der Waals surface area contributed by atoms with Crippen molar-refractivity contribution >= 4 is 17.9 Å². The Balaban J connectivity index is -0.00000242. The quantitative estimate of drug-likeness (QED) is 0.0941. The molecule has 0 unspecified atom stereocenters. The van der Waals surface area contributed by atoms with E-state index in [0.29, 0.717) is 19.4 Å². The molecule has 0 amide bonds. The van der Waals surface area contributed by atoms with E-state index < -0.39 is 18.0 Å². The number of unbranched alkanes of at least 4 members (excludes halogenated alkanes) is 6. The Kier molecular flexibility index (Phi) is 18.4. The fourth-order valence-electron chi connectivity index (χ4n) is 2.10. The Labute approximate surface area is 168 Å². The second-order valence-electron chi connectivity index (χ2n) is 5.72. The first-order chi connectivity index (χ1) is 11.0. The summed E-state index contributed by atoms with van der Waals surface area (Å²) < 4.78 is 4.75. The van der Waals surface area contributed by atoms with Gasteiger partial charge >= 0.3 is 41.5 Å². The minimum atomic E-state index is -0.817. The standard InChI is InChI=1S/C16H32N4O3.Na.H/c1-2-3-4-5-6-7-8-11-14(21)23-15(22)13(17)10-9-12-20-16(18)19;;/h13H,2-12,17H2,1H3,(H4,18,19,20);;/q;+1;-1/t13-;;/m0../s1. The number of carbonyl (C=O) groups is 2. The van der Waals surface area contributed by atoms with Gasteiger partial charge in [-0.05, 0) is 19.3 Å². The van der Waals surface area contributed by atoms with Gasteiger partial charge in [0, 0.05) is 13.0 Å². The molecule has 1 atom stereocenters. The predicted molar refractivity (Wildman–Crippen MR) is 92.7 cm³/mol. The van der Waals surface area contributed by atoms with Gasteiger partial charge in [-0.1, -0.05) is 45.4 Å². The van der Waals surface area contributed by atoms with Gasteiger partial charge in [0.05, 0.1) is 0 Å². The van der Waals surface area contributed by atoms with Gasteiger partial charge in [0.25, 0.3) is 0 Å². The molecule has 0 spiro atoms. The third kappa shape index (κ3) is 16.2. The minimum Gasteiger partial charge on any atom is -1.00 e. The van der Waals surface area contributed by atoms with Crippen molar-refractivity contribution in [2.24, 2.45) is 22.2 Å². The zero-order valence-corrected chi connectivity index (χ0v) is 17.3. The molecule has 0 bridgehead atoms. The summed E-state index contributed by atoms with van der Waals surface area (Å²) in [6, 6.07) is -0.817. The Hall–Kier alpha value is -0.630. The van der Waals surface area contributed by atoms with E-state index in [9.17, 15) is 9.59 Å². The van der Waals surface area contributed by atoms with Crippen LogP contribution in [0.5, 0.6) is 0 Å². The van der Waals surface area contributed by atoms with Gasteiger partial charge in [-0.15, -0.1) is 0 Å². The van der Waals surface area contributed by atoms with Crippen LogP contribution in [0.4, 0.5) is 0 Å². The van der Waals surface area contributed by atoms with Crippen molar-refractivity contribution < 1.29 is 45.3 Å². The largest absolute Gasteiger partial charge is 1.00 e.